The molecule has 0 bridgehead atoms. The molecule has 0 radical (unpaired) electrons. The molecule has 12 heavy (non-hydrogen) atoms. The fraction of sp³-hybridized carbons (Fsp3) is 0.500. The van der Waals surface area contributed by atoms with Crippen LogP contribution in [0.2, 0.25) is 0 Å². The summed E-state index contributed by atoms with van der Waals surface area (Å²) in [5.41, 5.74) is 1.04. The molecular weight excluding hydrogens is 150 g/mol. The Morgan fingerprint density at radius 2 is 2.25 bits per heavy atom. The Balaban J connectivity index is 2.19. The molecular formula is C10H13NO. The second kappa shape index (κ2) is 3.23. The first-order valence-corrected chi connectivity index (χ1v) is 4.47. The molecule has 0 saturated heterocycles. The molecule has 1 N–H and O–H groups in total. The highest BCUT2D eigenvalue weighted by Crippen LogP contribution is 2.32. The molecule has 1 aromatic rings. The molecule has 64 valence electrons. The van der Waals surface area contributed by atoms with Crippen molar-refractivity contribution in [1.82, 2.24) is 4.98 Å². The van der Waals surface area contributed by atoms with Gasteiger partial charge in [0, 0.05) is 17.8 Å². The van der Waals surface area contributed by atoms with Crippen LogP contribution in [0, 0.1) is 0 Å². The maximum atomic E-state index is 9.60. The van der Waals surface area contributed by atoms with E-state index in [9.17, 15) is 5.11 Å². The molecule has 0 aromatic carbocycles. The fourth-order valence-electron chi connectivity index (χ4n) is 1.88. The van der Waals surface area contributed by atoms with Gasteiger partial charge in [-0.15, -0.1) is 0 Å². The van der Waals surface area contributed by atoms with Crippen LogP contribution in [-0.2, 0) is 0 Å². The van der Waals surface area contributed by atoms with Crippen LogP contribution in [0.15, 0.2) is 24.4 Å². The minimum atomic E-state index is -0.167. The van der Waals surface area contributed by atoms with Crippen LogP contribution in [0.3, 0.4) is 0 Å². The third-order valence-corrected chi connectivity index (χ3v) is 2.55. The van der Waals surface area contributed by atoms with E-state index in [1.165, 1.54) is 0 Å². The molecule has 0 aliphatic heterocycles. The summed E-state index contributed by atoms with van der Waals surface area (Å²) in [7, 11) is 0. The summed E-state index contributed by atoms with van der Waals surface area (Å²) >= 11 is 0. The summed E-state index contributed by atoms with van der Waals surface area (Å²) in [5.74, 6) is 0.284. The Labute approximate surface area is 72.3 Å². The topological polar surface area (TPSA) is 33.1 Å². The number of aliphatic hydroxyl groups excluding tert-OH is 1. The van der Waals surface area contributed by atoms with Crippen molar-refractivity contribution in [3.05, 3.63) is 30.1 Å². The smallest absolute Gasteiger partial charge is 0.0623 e. The molecule has 0 amide bonds. The molecule has 2 rings (SSSR count). The summed E-state index contributed by atoms with van der Waals surface area (Å²) in [4.78, 5) is 4.25. The summed E-state index contributed by atoms with van der Waals surface area (Å²) in [6, 6.07) is 5.89. The second-order valence-corrected chi connectivity index (χ2v) is 3.36. The first kappa shape index (κ1) is 7.74. The monoisotopic (exact) mass is 163 g/mol. The Morgan fingerprint density at radius 1 is 1.33 bits per heavy atom. The van der Waals surface area contributed by atoms with Crippen molar-refractivity contribution in [2.45, 2.75) is 31.3 Å². The van der Waals surface area contributed by atoms with Gasteiger partial charge >= 0.3 is 0 Å². The van der Waals surface area contributed by atoms with Crippen molar-refractivity contribution in [2.75, 3.05) is 0 Å². The number of hydrogen-bond acceptors (Lipinski definition) is 2. The largest absolute Gasteiger partial charge is 0.392 e. The average molecular weight is 163 g/mol. The van der Waals surface area contributed by atoms with Crippen LogP contribution in [0.1, 0.15) is 30.9 Å². The Morgan fingerprint density at radius 3 is 2.83 bits per heavy atom. The predicted molar refractivity (Wildman–Crippen MR) is 46.8 cm³/mol. The van der Waals surface area contributed by atoms with Crippen LogP contribution in [-0.4, -0.2) is 16.2 Å². The van der Waals surface area contributed by atoms with E-state index in [1.54, 1.807) is 6.20 Å². The number of aliphatic hydroxyl groups is 1. The van der Waals surface area contributed by atoms with E-state index >= 15 is 0 Å². The number of hydrogen-bond donors (Lipinski definition) is 1. The van der Waals surface area contributed by atoms with E-state index in [2.05, 4.69) is 4.98 Å². The molecule has 1 aliphatic carbocycles. The maximum Gasteiger partial charge on any atom is 0.0623 e. The molecule has 0 unspecified atom stereocenters. The van der Waals surface area contributed by atoms with E-state index in [1.807, 2.05) is 18.2 Å². The van der Waals surface area contributed by atoms with Crippen LogP contribution in [0.25, 0.3) is 0 Å². The highest BCUT2D eigenvalue weighted by Gasteiger charge is 2.27. The Bertz CT molecular complexity index is 247. The third-order valence-electron chi connectivity index (χ3n) is 2.55. The van der Waals surface area contributed by atoms with Gasteiger partial charge < -0.3 is 5.11 Å². The van der Waals surface area contributed by atoms with Crippen LogP contribution in [0.4, 0.5) is 0 Å². The number of rotatable bonds is 1. The molecule has 2 heteroatoms. The lowest BCUT2D eigenvalue weighted by molar-refractivity contribution is 0.162. The zero-order chi connectivity index (χ0) is 8.39. The minimum absolute atomic E-state index is 0.167. The van der Waals surface area contributed by atoms with Crippen LogP contribution < -0.4 is 0 Å². The van der Waals surface area contributed by atoms with E-state index in [0.717, 1.165) is 25.0 Å². The lowest BCUT2D eigenvalue weighted by Crippen LogP contribution is -2.11. The van der Waals surface area contributed by atoms with Crippen molar-refractivity contribution in [3.63, 3.8) is 0 Å². The van der Waals surface area contributed by atoms with Gasteiger partial charge in [-0.05, 0) is 25.0 Å². The van der Waals surface area contributed by atoms with Gasteiger partial charge in [-0.1, -0.05) is 12.5 Å². The molecule has 2 atom stereocenters. The number of nitrogens with zero attached hydrogens (tertiary/aromatic N) is 1. The van der Waals surface area contributed by atoms with Gasteiger partial charge in [0.1, 0.15) is 0 Å². The lowest BCUT2D eigenvalue weighted by Gasteiger charge is -2.12. The summed E-state index contributed by atoms with van der Waals surface area (Å²) < 4.78 is 0. The SMILES string of the molecule is O[C@H]1CCC[C@@H]1c1ccccn1. The maximum absolute atomic E-state index is 9.60. The molecule has 1 aliphatic rings. The van der Waals surface area contributed by atoms with Crippen molar-refractivity contribution in [1.29, 1.82) is 0 Å². The highest BCUT2D eigenvalue weighted by molar-refractivity contribution is 5.12. The van der Waals surface area contributed by atoms with Gasteiger partial charge in [-0.25, -0.2) is 0 Å². The van der Waals surface area contributed by atoms with E-state index in [4.69, 9.17) is 0 Å². The third kappa shape index (κ3) is 1.34. The van der Waals surface area contributed by atoms with Crippen molar-refractivity contribution >= 4 is 0 Å². The quantitative estimate of drug-likeness (QED) is 0.683. The Hall–Kier alpha value is -0.890. The first-order chi connectivity index (χ1) is 5.88. The van der Waals surface area contributed by atoms with Crippen molar-refractivity contribution < 1.29 is 5.11 Å². The second-order valence-electron chi connectivity index (χ2n) is 3.36. The van der Waals surface area contributed by atoms with Gasteiger partial charge in [0.15, 0.2) is 0 Å². The predicted octanol–water partition coefficient (Wildman–Crippen LogP) is 1.71. The van der Waals surface area contributed by atoms with Gasteiger partial charge in [0.05, 0.1) is 6.10 Å². The zero-order valence-electron chi connectivity index (χ0n) is 6.98. The van der Waals surface area contributed by atoms with Crippen LogP contribution >= 0.6 is 0 Å². The fourth-order valence-corrected chi connectivity index (χ4v) is 1.88. The molecule has 0 spiro atoms. The number of aromatic nitrogens is 1. The molecule has 1 heterocycles. The van der Waals surface area contributed by atoms with Gasteiger partial charge in [-0.2, -0.15) is 0 Å². The molecule has 1 saturated carbocycles. The van der Waals surface area contributed by atoms with Crippen molar-refractivity contribution in [2.24, 2.45) is 0 Å². The minimum Gasteiger partial charge on any atom is -0.392 e. The van der Waals surface area contributed by atoms with Gasteiger partial charge in [0.2, 0.25) is 0 Å². The van der Waals surface area contributed by atoms with E-state index in [0.29, 0.717) is 0 Å². The van der Waals surface area contributed by atoms with Gasteiger partial charge in [-0.3, -0.25) is 4.98 Å². The van der Waals surface area contributed by atoms with Crippen molar-refractivity contribution in [3.8, 4) is 0 Å². The Kier molecular flexibility index (Phi) is 2.09. The average Bonchev–Trinajstić information content (AvgIpc) is 2.53. The van der Waals surface area contributed by atoms with E-state index in [-0.39, 0.29) is 12.0 Å². The van der Waals surface area contributed by atoms with E-state index < -0.39 is 0 Å². The lowest BCUT2D eigenvalue weighted by atomic mass is 10.0. The van der Waals surface area contributed by atoms with Crippen LogP contribution in [0.5, 0.6) is 0 Å². The van der Waals surface area contributed by atoms with Gasteiger partial charge in [0.25, 0.3) is 0 Å². The summed E-state index contributed by atoms with van der Waals surface area (Å²) in [5, 5.41) is 9.60. The standard InChI is InChI=1S/C10H13NO/c12-10-6-3-4-8(10)9-5-1-2-7-11-9/h1-2,5,7-8,10,12H,3-4,6H2/t8-,10+/m1/s1. The zero-order valence-corrected chi connectivity index (χ0v) is 6.98. The molecule has 1 aromatic heterocycles. The first-order valence-electron chi connectivity index (χ1n) is 4.47. The highest BCUT2D eigenvalue weighted by atomic mass is 16.3. The molecule has 2 nitrogen and oxygen atoms in total. The normalized spacial score (nSPS) is 29.1. The summed E-state index contributed by atoms with van der Waals surface area (Å²) in [6.07, 6.45) is 4.77. The number of pyridine rings is 1. The summed E-state index contributed by atoms with van der Waals surface area (Å²) in [6.45, 7) is 0. The molecule has 1 fully saturated rings.